The summed E-state index contributed by atoms with van der Waals surface area (Å²) in [6.45, 7) is 8.55. The van der Waals surface area contributed by atoms with Crippen LogP contribution in [0.2, 0.25) is 5.04 Å². The Morgan fingerprint density at radius 1 is 0.966 bits per heavy atom. The lowest BCUT2D eigenvalue weighted by Gasteiger charge is -2.45. The van der Waals surface area contributed by atoms with Crippen molar-refractivity contribution in [2.24, 2.45) is 11.8 Å². The van der Waals surface area contributed by atoms with Crippen molar-refractivity contribution >= 4 is 30.4 Å². The Labute approximate surface area is 174 Å². The van der Waals surface area contributed by atoms with Crippen LogP contribution < -0.4 is 10.4 Å². The molecule has 1 aliphatic carbocycles. The van der Waals surface area contributed by atoms with E-state index in [4.69, 9.17) is 9.16 Å². The fourth-order valence-corrected chi connectivity index (χ4v) is 9.33. The van der Waals surface area contributed by atoms with Gasteiger partial charge in [0.05, 0.1) is 13.2 Å². The van der Waals surface area contributed by atoms with E-state index < -0.39 is 20.2 Å². The van der Waals surface area contributed by atoms with Crippen LogP contribution >= 0.6 is 0 Å². The van der Waals surface area contributed by atoms with Crippen molar-refractivity contribution in [1.29, 1.82) is 0 Å². The largest absolute Gasteiger partial charge is 0.468 e. The highest BCUT2D eigenvalue weighted by atomic mass is 28.4. The third kappa shape index (κ3) is 3.81. The first-order valence-electron chi connectivity index (χ1n) is 10.1. The van der Waals surface area contributed by atoms with Crippen molar-refractivity contribution in [3.05, 3.63) is 60.7 Å². The molecule has 3 atom stereocenters. The molecule has 0 radical (unpaired) electrons. The van der Waals surface area contributed by atoms with Crippen LogP contribution in [0, 0.1) is 11.8 Å². The number of esters is 1. The van der Waals surface area contributed by atoms with Crippen LogP contribution in [-0.2, 0) is 18.8 Å². The smallest absolute Gasteiger partial charge is 0.316 e. The van der Waals surface area contributed by atoms with Crippen molar-refractivity contribution in [3.8, 4) is 0 Å². The van der Waals surface area contributed by atoms with Gasteiger partial charge < -0.3 is 9.16 Å². The molecule has 154 valence electrons. The molecule has 5 heteroatoms. The first kappa shape index (κ1) is 21.5. The molecule has 2 aromatic rings. The van der Waals surface area contributed by atoms with Crippen molar-refractivity contribution in [1.82, 2.24) is 0 Å². The lowest BCUT2D eigenvalue weighted by Crippen LogP contribution is -2.68. The molecule has 0 aromatic heterocycles. The van der Waals surface area contributed by atoms with Crippen LogP contribution in [-0.4, -0.2) is 33.3 Å². The molecule has 0 saturated heterocycles. The number of ketones is 1. The van der Waals surface area contributed by atoms with Crippen molar-refractivity contribution in [2.75, 3.05) is 7.11 Å². The van der Waals surface area contributed by atoms with E-state index in [1.165, 1.54) is 17.5 Å². The van der Waals surface area contributed by atoms with Crippen LogP contribution in [0.25, 0.3) is 0 Å². The van der Waals surface area contributed by atoms with Gasteiger partial charge in [0.15, 0.2) is 0 Å². The molecule has 0 unspecified atom stereocenters. The zero-order chi connectivity index (χ0) is 21.2. The molecule has 0 N–H and O–H groups in total. The Morgan fingerprint density at radius 3 is 1.86 bits per heavy atom. The lowest BCUT2D eigenvalue weighted by atomic mass is 9.97. The molecule has 0 amide bonds. The lowest BCUT2D eigenvalue weighted by molar-refractivity contribution is -0.149. The molecule has 3 rings (SSSR count). The summed E-state index contributed by atoms with van der Waals surface area (Å²) in [5.74, 6) is -1.52. The Kier molecular flexibility index (Phi) is 6.10. The van der Waals surface area contributed by atoms with Gasteiger partial charge in [-0.2, -0.15) is 0 Å². The summed E-state index contributed by atoms with van der Waals surface area (Å²) in [6.07, 6.45) is -0.0799. The van der Waals surface area contributed by atoms with E-state index in [1.54, 1.807) is 0 Å². The number of Topliss-reactive ketones (excluding diaryl/α,β-unsaturated/α-hetero) is 1. The number of ether oxygens (including phenoxy) is 1. The van der Waals surface area contributed by atoms with Crippen molar-refractivity contribution in [3.63, 3.8) is 0 Å². The first-order chi connectivity index (χ1) is 13.7. The zero-order valence-electron chi connectivity index (χ0n) is 17.8. The molecule has 2 aromatic carbocycles. The van der Waals surface area contributed by atoms with Gasteiger partial charge in [0.2, 0.25) is 0 Å². The average molecular weight is 411 g/mol. The normalized spacial score (nSPS) is 22.5. The molecule has 29 heavy (non-hydrogen) atoms. The Balaban J connectivity index is 2.12. The van der Waals surface area contributed by atoms with Gasteiger partial charge in [0, 0.05) is 12.3 Å². The fourth-order valence-electron chi connectivity index (χ4n) is 4.56. The second-order valence-electron chi connectivity index (χ2n) is 8.85. The SMILES string of the molecule is COC(=O)[C@@H]1C(=O)C[C@H](O[Si](c2ccccc2)(c2ccccc2)C(C)(C)C)[C@H]1C. The summed E-state index contributed by atoms with van der Waals surface area (Å²) in [6, 6.07) is 20.7. The highest BCUT2D eigenvalue weighted by Crippen LogP contribution is 2.41. The van der Waals surface area contributed by atoms with Crippen molar-refractivity contribution < 1.29 is 18.8 Å². The molecule has 4 nitrogen and oxygen atoms in total. The summed E-state index contributed by atoms with van der Waals surface area (Å²) in [5.41, 5.74) is 0. The van der Waals surface area contributed by atoms with Crippen LogP contribution in [0.4, 0.5) is 0 Å². The van der Waals surface area contributed by atoms with E-state index >= 15 is 0 Å². The third-order valence-electron chi connectivity index (χ3n) is 6.06. The Morgan fingerprint density at radius 2 is 1.45 bits per heavy atom. The van der Waals surface area contributed by atoms with E-state index in [1.807, 2.05) is 43.3 Å². The van der Waals surface area contributed by atoms with Gasteiger partial charge in [0.1, 0.15) is 11.7 Å². The van der Waals surface area contributed by atoms with E-state index in [2.05, 4.69) is 45.0 Å². The highest BCUT2D eigenvalue weighted by Gasteiger charge is 2.55. The Bertz CT molecular complexity index is 818. The second-order valence-corrected chi connectivity index (χ2v) is 13.1. The fraction of sp³-hybridized carbons (Fsp3) is 0.417. The molecular formula is C24H30O4Si. The van der Waals surface area contributed by atoms with E-state index in [-0.39, 0.29) is 29.3 Å². The highest BCUT2D eigenvalue weighted by molar-refractivity contribution is 6.99. The summed E-state index contributed by atoms with van der Waals surface area (Å²) in [4.78, 5) is 24.8. The van der Waals surface area contributed by atoms with Gasteiger partial charge in [-0.1, -0.05) is 88.4 Å². The quantitative estimate of drug-likeness (QED) is 0.431. The van der Waals surface area contributed by atoms with Crippen LogP contribution in [0.15, 0.2) is 60.7 Å². The van der Waals surface area contributed by atoms with Gasteiger partial charge in [-0.3, -0.25) is 9.59 Å². The summed E-state index contributed by atoms with van der Waals surface area (Å²) < 4.78 is 11.9. The second kappa shape index (κ2) is 8.25. The van der Waals surface area contributed by atoms with Crippen molar-refractivity contribution in [2.45, 2.75) is 45.3 Å². The molecule has 0 bridgehead atoms. The van der Waals surface area contributed by atoms with Gasteiger partial charge in [0.25, 0.3) is 8.32 Å². The minimum Gasteiger partial charge on any atom is -0.468 e. The van der Waals surface area contributed by atoms with E-state index in [0.717, 1.165) is 0 Å². The number of hydrogen-bond donors (Lipinski definition) is 0. The topological polar surface area (TPSA) is 52.6 Å². The summed E-state index contributed by atoms with van der Waals surface area (Å²) >= 11 is 0. The maximum Gasteiger partial charge on any atom is 0.316 e. The van der Waals surface area contributed by atoms with Crippen LogP contribution in [0.5, 0.6) is 0 Å². The molecule has 0 heterocycles. The molecule has 1 aliphatic rings. The molecular weight excluding hydrogens is 380 g/mol. The minimum absolute atomic E-state index is 0.0905. The van der Waals surface area contributed by atoms with Crippen LogP contribution in [0.3, 0.4) is 0 Å². The number of carbonyl (C=O) groups is 2. The molecule has 1 saturated carbocycles. The van der Waals surface area contributed by atoms with Gasteiger partial charge in [-0.15, -0.1) is 0 Å². The number of hydrogen-bond acceptors (Lipinski definition) is 4. The molecule has 1 fully saturated rings. The first-order valence-corrected chi connectivity index (χ1v) is 12.0. The standard InChI is InChI=1S/C24H30O4Si/c1-17-21(16-20(25)22(17)23(26)27-5)28-29(24(2,3)4,18-12-8-6-9-13-18)19-14-10-7-11-15-19/h6-15,17,21-22H,16H2,1-5H3/t17-,21+,22+/m1/s1. The molecule has 0 spiro atoms. The van der Waals surface area contributed by atoms with E-state index in [0.29, 0.717) is 0 Å². The Hall–Kier alpha value is -2.24. The van der Waals surface area contributed by atoms with E-state index in [9.17, 15) is 9.59 Å². The summed E-state index contributed by atoms with van der Waals surface area (Å²) in [5, 5.41) is 2.15. The number of carbonyl (C=O) groups excluding carboxylic acids is 2. The van der Waals surface area contributed by atoms with Crippen LogP contribution in [0.1, 0.15) is 34.1 Å². The zero-order valence-corrected chi connectivity index (χ0v) is 18.8. The number of rotatable bonds is 5. The van der Waals surface area contributed by atoms with Gasteiger partial charge in [-0.05, 0) is 15.4 Å². The molecule has 0 aliphatic heterocycles. The number of methoxy groups -OCH3 is 1. The average Bonchev–Trinajstić information content (AvgIpc) is 2.99. The van der Waals surface area contributed by atoms with Gasteiger partial charge in [-0.25, -0.2) is 0 Å². The maximum absolute atomic E-state index is 12.6. The predicted molar refractivity (Wildman–Crippen MR) is 117 cm³/mol. The monoisotopic (exact) mass is 410 g/mol. The van der Waals surface area contributed by atoms with Gasteiger partial charge >= 0.3 is 5.97 Å². The maximum atomic E-state index is 12.6. The minimum atomic E-state index is -2.76. The third-order valence-corrected chi connectivity index (χ3v) is 11.1. The summed E-state index contributed by atoms with van der Waals surface area (Å²) in [7, 11) is -1.43. The number of benzene rings is 2. The predicted octanol–water partition coefficient (Wildman–Crippen LogP) is 3.33.